The van der Waals surface area contributed by atoms with E-state index in [-0.39, 0.29) is 0 Å². The van der Waals surface area contributed by atoms with Gasteiger partial charge in [0.1, 0.15) is 0 Å². The van der Waals surface area contributed by atoms with Crippen molar-refractivity contribution in [1.29, 1.82) is 0 Å². The van der Waals surface area contributed by atoms with Crippen molar-refractivity contribution < 1.29 is 0 Å². The van der Waals surface area contributed by atoms with Gasteiger partial charge in [0.15, 0.2) is 0 Å². The lowest BCUT2D eigenvalue weighted by Gasteiger charge is -2.34. The lowest BCUT2D eigenvalue weighted by atomic mass is 9.79. The molecule has 0 aliphatic heterocycles. The molecule has 0 aromatic heterocycles. The predicted molar refractivity (Wildman–Crippen MR) is 53.3 cm³/mol. The van der Waals surface area contributed by atoms with E-state index in [9.17, 15) is 0 Å². The van der Waals surface area contributed by atoms with Crippen molar-refractivity contribution in [2.45, 2.75) is 45.2 Å². The van der Waals surface area contributed by atoms with Crippen molar-refractivity contribution in [2.75, 3.05) is 13.6 Å². The van der Waals surface area contributed by atoms with Crippen LogP contribution in [0.25, 0.3) is 0 Å². The second-order valence-corrected chi connectivity index (χ2v) is 4.15. The minimum Gasteiger partial charge on any atom is -0.315 e. The molecule has 2 nitrogen and oxygen atoms in total. The highest BCUT2D eigenvalue weighted by Gasteiger charge is 2.25. The summed E-state index contributed by atoms with van der Waals surface area (Å²) in [5.74, 6) is 0.932. The van der Waals surface area contributed by atoms with Crippen LogP contribution in [0.3, 0.4) is 0 Å². The van der Waals surface area contributed by atoms with Gasteiger partial charge in [-0.1, -0.05) is 20.3 Å². The largest absolute Gasteiger partial charge is 0.315 e. The van der Waals surface area contributed by atoms with Crippen LogP contribution in [0.15, 0.2) is 0 Å². The number of hydrogen-bond acceptors (Lipinski definition) is 2. The Kier molecular flexibility index (Phi) is 4.02. The van der Waals surface area contributed by atoms with Crippen LogP contribution in [0.4, 0.5) is 0 Å². The molecule has 1 fully saturated rings. The summed E-state index contributed by atoms with van der Waals surface area (Å²) in [4.78, 5) is 0. The molecule has 0 aromatic rings. The normalized spacial score (nSPS) is 21.0. The smallest absolute Gasteiger partial charge is 0.0217 e. The summed E-state index contributed by atoms with van der Waals surface area (Å²) in [7, 11) is 2.07. The molecule has 1 rings (SSSR count). The molecule has 2 N–H and O–H groups in total. The highest BCUT2D eigenvalue weighted by atomic mass is 15.0. The van der Waals surface area contributed by atoms with E-state index < -0.39 is 0 Å². The quantitative estimate of drug-likeness (QED) is 0.651. The summed E-state index contributed by atoms with van der Waals surface area (Å²) in [5.41, 5.74) is 0. The van der Waals surface area contributed by atoms with Gasteiger partial charge in [-0.15, -0.1) is 0 Å². The van der Waals surface area contributed by atoms with Crippen molar-refractivity contribution >= 4 is 0 Å². The fourth-order valence-electron chi connectivity index (χ4n) is 1.71. The Morgan fingerprint density at radius 1 is 1.33 bits per heavy atom. The summed E-state index contributed by atoms with van der Waals surface area (Å²) >= 11 is 0. The van der Waals surface area contributed by atoms with E-state index in [1.165, 1.54) is 19.3 Å². The maximum absolute atomic E-state index is 3.48. The van der Waals surface area contributed by atoms with Crippen LogP contribution in [0.5, 0.6) is 0 Å². The van der Waals surface area contributed by atoms with Gasteiger partial charge in [0.2, 0.25) is 0 Å². The Morgan fingerprint density at radius 2 is 2.00 bits per heavy atom. The molecule has 1 aliphatic rings. The molecule has 2 heteroatoms. The number of nitrogens with one attached hydrogen (secondary N) is 2. The SMILES string of the molecule is CNC(CNC(C)C)C1CCC1. The lowest BCUT2D eigenvalue weighted by molar-refractivity contribution is 0.229. The van der Waals surface area contributed by atoms with Gasteiger partial charge in [0.25, 0.3) is 0 Å². The van der Waals surface area contributed by atoms with E-state index in [0.717, 1.165) is 12.5 Å². The maximum atomic E-state index is 3.48. The third-order valence-electron chi connectivity index (χ3n) is 2.84. The van der Waals surface area contributed by atoms with E-state index in [1.54, 1.807) is 0 Å². The maximum Gasteiger partial charge on any atom is 0.0217 e. The Balaban J connectivity index is 2.15. The summed E-state index contributed by atoms with van der Waals surface area (Å²) in [6.07, 6.45) is 4.28. The number of rotatable bonds is 5. The first kappa shape index (κ1) is 10.0. The summed E-state index contributed by atoms with van der Waals surface area (Å²) in [5, 5.41) is 6.88. The van der Waals surface area contributed by atoms with Crippen LogP contribution in [-0.4, -0.2) is 25.7 Å². The van der Waals surface area contributed by atoms with E-state index in [0.29, 0.717) is 12.1 Å². The molecule has 0 bridgehead atoms. The summed E-state index contributed by atoms with van der Waals surface area (Å²) in [6, 6.07) is 1.31. The highest BCUT2D eigenvalue weighted by Crippen LogP contribution is 2.29. The van der Waals surface area contributed by atoms with Gasteiger partial charge in [-0.25, -0.2) is 0 Å². The first-order valence-corrected chi connectivity index (χ1v) is 5.14. The molecular formula is C10H22N2. The molecule has 1 atom stereocenters. The average molecular weight is 170 g/mol. The number of hydrogen-bond donors (Lipinski definition) is 2. The molecule has 1 saturated carbocycles. The fraction of sp³-hybridized carbons (Fsp3) is 1.00. The van der Waals surface area contributed by atoms with E-state index in [1.807, 2.05) is 0 Å². The number of likely N-dealkylation sites (N-methyl/N-ethyl adjacent to an activating group) is 1. The molecule has 1 unspecified atom stereocenters. The molecule has 0 radical (unpaired) electrons. The minimum atomic E-state index is 0.612. The summed E-state index contributed by atoms with van der Waals surface area (Å²) < 4.78 is 0. The molecule has 0 amide bonds. The van der Waals surface area contributed by atoms with Crippen LogP contribution in [0.2, 0.25) is 0 Å². The second kappa shape index (κ2) is 4.83. The Labute approximate surface area is 76.1 Å². The van der Waals surface area contributed by atoms with Gasteiger partial charge in [0, 0.05) is 18.6 Å². The van der Waals surface area contributed by atoms with Gasteiger partial charge in [-0.05, 0) is 25.8 Å². The fourth-order valence-corrected chi connectivity index (χ4v) is 1.71. The Bertz CT molecular complexity index is 119. The van der Waals surface area contributed by atoms with Crippen molar-refractivity contribution in [3.8, 4) is 0 Å². The van der Waals surface area contributed by atoms with Crippen LogP contribution >= 0.6 is 0 Å². The van der Waals surface area contributed by atoms with Crippen molar-refractivity contribution in [1.82, 2.24) is 10.6 Å². The Morgan fingerprint density at radius 3 is 2.33 bits per heavy atom. The van der Waals surface area contributed by atoms with Gasteiger partial charge in [-0.2, -0.15) is 0 Å². The highest BCUT2D eigenvalue weighted by molar-refractivity contribution is 4.83. The third-order valence-corrected chi connectivity index (χ3v) is 2.84. The topological polar surface area (TPSA) is 24.1 Å². The molecule has 72 valence electrons. The molecule has 1 aliphatic carbocycles. The standard InChI is InChI=1S/C10H22N2/c1-8(2)12-7-10(11-3)9-5-4-6-9/h8-12H,4-7H2,1-3H3. The van der Waals surface area contributed by atoms with Crippen molar-refractivity contribution in [3.05, 3.63) is 0 Å². The van der Waals surface area contributed by atoms with Gasteiger partial charge >= 0.3 is 0 Å². The summed E-state index contributed by atoms with van der Waals surface area (Å²) in [6.45, 7) is 5.53. The zero-order chi connectivity index (χ0) is 8.97. The molecule has 0 saturated heterocycles. The monoisotopic (exact) mass is 170 g/mol. The third kappa shape index (κ3) is 2.76. The van der Waals surface area contributed by atoms with E-state index >= 15 is 0 Å². The molecule has 0 spiro atoms. The first-order chi connectivity index (χ1) is 5.74. The average Bonchev–Trinajstić information content (AvgIpc) is 1.93. The zero-order valence-corrected chi connectivity index (χ0v) is 8.56. The Hall–Kier alpha value is -0.0800. The molecule has 12 heavy (non-hydrogen) atoms. The first-order valence-electron chi connectivity index (χ1n) is 5.14. The molecular weight excluding hydrogens is 148 g/mol. The van der Waals surface area contributed by atoms with Crippen molar-refractivity contribution in [2.24, 2.45) is 5.92 Å². The second-order valence-electron chi connectivity index (χ2n) is 4.15. The van der Waals surface area contributed by atoms with Gasteiger partial charge in [-0.3, -0.25) is 0 Å². The van der Waals surface area contributed by atoms with Crippen LogP contribution in [0, 0.1) is 5.92 Å². The molecule has 0 aromatic carbocycles. The van der Waals surface area contributed by atoms with Crippen molar-refractivity contribution in [3.63, 3.8) is 0 Å². The van der Waals surface area contributed by atoms with E-state index in [4.69, 9.17) is 0 Å². The predicted octanol–water partition coefficient (Wildman–Crippen LogP) is 1.37. The minimum absolute atomic E-state index is 0.612. The lowest BCUT2D eigenvalue weighted by Crippen LogP contribution is -2.46. The zero-order valence-electron chi connectivity index (χ0n) is 8.56. The van der Waals surface area contributed by atoms with Crippen LogP contribution in [-0.2, 0) is 0 Å². The van der Waals surface area contributed by atoms with Crippen LogP contribution in [0.1, 0.15) is 33.1 Å². The van der Waals surface area contributed by atoms with Gasteiger partial charge in [0.05, 0.1) is 0 Å². The molecule has 0 heterocycles. The van der Waals surface area contributed by atoms with Crippen LogP contribution < -0.4 is 10.6 Å². The van der Waals surface area contributed by atoms with E-state index in [2.05, 4.69) is 31.5 Å². The van der Waals surface area contributed by atoms with Gasteiger partial charge < -0.3 is 10.6 Å².